The van der Waals surface area contributed by atoms with E-state index in [9.17, 15) is 14.9 Å². The van der Waals surface area contributed by atoms with Gasteiger partial charge in [0.1, 0.15) is 6.10 Å². The lowest BCUT2D eigenvalue weighted by molar-refractivity contribution is -0.144. The van der Waals surface area contributed by atoms with Crippen LogP contribution in [0, 0.1) is 40.9 Å². The largest absolute Gasteiger partial charge is 0.462 e. The number of benzene rings is 1. The minimum atomic E-state index is -0.364. The number of nitrogens with one attached hydrogen (secondary N) is 1. The molecule has 1 N–H and O–H groups in total. The van der Waals surface area contributed by atoms with E-state index >= 15 is 0 Å². The average Bonchev–Trinajstić information content (AvgIpc) is 3.19. The maximum absolute atomic E-state index is 12.7. The third-order valence-electron chi connectivity index (χ3n) is 8.38. The predicted molar refractivity (Wildman–Crippen MR) is 139 cm³/mol. The lowest BCUT2D eigenvalue weighted by atomic mass is 9.57. The van der Waals surface area contributed by atoms with Gasteiger partial charge < -0.3 is 14.8 Å². The Bertz CT molecular complexity index is 1220. The lowest BCUT2D eigenvalue weighted by Gasteiger charge is -2.47. The number of allylic oxidation sites excluding steroid dienone is 1. The number of alkyl carbamates (subject to hydrolysis) is 1. The maximum atomic E-state index is 12.7. The van der Waals surface area contributed by atoms with Gasteiger partial charge in [-0.3, -0.25) is 9.78 Å². The molecule has 192 valence electrons. The van der Waals surface area contributed by atoms with Crippen molar-refractivity contribution in [3.63, 3.8) is 0 Å². The Balaban J connectivity index is 1.35. The number of ether oxygens (including phenoxy) is 2. The average molecular weight is 500 g/mol. The number of amides is 1. The third kappa shape index (κ3) is 5.11. The van der Waals surface area contributed by atoms with Crippen molar-refractivity contribution >= 4 is 18.1 Å². The van der Waals surface area contributed by atoms with Crippen LogP contribution in [0.3, 0.4) is 0 Å². The van der Waals surface area contributed by atoms with E-state index in [4.69, 9.17) is 9.47 Å². The van der Waals surface area contributed by atoms with E-state index in [0.29, 0.717) is 24.0 Å². The number of carbonyl (C=O) groups is 2. The van der Waals surface area contributed by atoms with Crippen LogP contribution in [0.1, 0.15) is 50.8 Å². The summed E-state index contributed by atoms with van der Waals surface area (Å²) in [5, 5.41) is 12.4. The first-order chi connectivity index (χ1) is 18.0. The van der Waals surface area contributed by atoms with Crippen LogP contribution in [0.5, 0.6) is 0 Å². The molecule has 2 heterocycles. The van der Waals surface area contributed by atoms with Crippen molar-refractivity contribution < 1.29 is 19.1 Å². The number of carbonyl (C=O) groups excluding carboxylic acids is 2. The number of fused-ring (bicyclic) bond motifs is 2. The summed E-state index contributed by atoms with van der Waals surface area (Å²) in [6.07, 6.45) is 9.17. The van der Waals surface area contributed by atoms with Gasteiger partial charge >= 0.3 is 12.1 Å². The molecule has 2 aromatic rings. The molecule has 2 saturated carbocycles. The Labute approximate surface area is 217 Å². The second-order valence-corrected chi connectivity index (χ2v) is 10.4. The molecule has 3 fully saturated rings. The highest BCUT2D eigenvalue weighted by molar-refractivity contribution is 5.76. The summed E-state index contributed by atoms with van der Waals surface area (Å²) in [6, 6.07) is 13.8. The minimum absolute atomic E-state index is 0.0711. The molecule has 3 aliphatic rings. The molecule has 0 spiro atoms. The summed E-state index contributed by atoms with van der Waals surface area (Å²) >= 11 is 0. The van der Waals surface area contributed by atoms with E-state index in [1.54, 1.807) is 13.1 Å². The Kier molecular flexibility index (Phi) is 7.27. The Morgan fingerprint density at radius 2 is 2.08 bits per heavy atom. The first-order valence-corrected chi connectivity index (χ1v) is 13.3. The van der Waals surface area contributed by atoms with Crippen LogP contribution in [0.15, 0.2) is 48.7 Å². The minimum Gasteiger partial charge on any atom is -0.462 e. The summed E-state index contributed by atoms with van der Waals surface area (Å²) < 4.78 is 10.8. The molecule has 1 aliphatic heterocycles. The number of cyclic esters (lactones) is 1. The van der Waals surface area contributed by atoms with Crippen LogP contribution in [0.4, 0.5) is 4.79 Å². The van der Waals surface area contributed by atoms with Gasteiger partial charge in [0.25, 0.3) is 0 Å². The van der Waals surface area contributed by atoms with Crippen LogP contribution in [-0.2, 0) is 14.3 Å². The van der Waals surface area contributed by atoms with Gasteiger partial charge in [0.15, 0.2) is 0 Å². The van der Waals surface area contributed by atoms with Crippen LogP contribution in [0.25, 0.3) is 17.2 Å². The van der Waals surface area contributed by atoms with Gasteiger partial charge in [-0.1, -0.05) is 30.3 Å². The number of pyridine rings is 1. The van der Waals surface area contributed by atoms with Gasteiger partial charge in [-0.15, -0.1) is 0 Å². The molecule has 37 heavy (non-hydrogen) atoms. The first kappa shape index (κ1) is 25.0. The number of aromatic nitrogens is 1. The molecule has 0 bridgehead atoms. The Morgan fingerprint density at radius 1 is 1.24 bits per heavy atom. The number of esters is 1. The molecular formula is C30H33N3O4. The van der Waals surface area contributed by atoms with E-state index in [-0.39, 0.29) is 42.0 Å². The SMILES string of the molecule is CCOC(=O)N[C@@H]1CC[C@H]2C(/C=C/c3ccc(-c4ccccc4C#N)cn3)[C@@H]3[C@@H](C)OC(=O)[C@@H]3C[C@@H]2C1. The fourth-order valence-corrected chi connectivity index (χ4v) is 6.79. The van der Waals surface area contributed by atoms with E-state index in [2.05, 4.69) is 28.5 Å². The summed E-state index contributed by atoms with van der Waals surface area (Å²) in [7, 11) is 0. The van der Waals surface area contributed by atoms with Crippen molar-refractivity contribution in [1.82, 2.24) is 10.3 Å². The maximum Gasteiger partial charge on any atom is 0.407 e. The second-order valence-electron chi connectivity index (χ2n) is 10.4. The van der Waals surface area contributed by atoms with E-state index in [1.807, 2.05) is 43.3 Å². The molecular weight excluding hydrogens is 466 g/mol. The smallest absolute Gasteiger partial charge is 0.407 e. The highest BCUT2D eigenvalue weighted by Crippen LogP contribution is 2.53. The highest BCUT2D eigenvalue weighted by Gasteiger charge is 2.54. The van der Waals surface area contributed by atoms with Gasteiger partial charge in [0.2, 0.25) is 0 Å². The van der Waals surface area contributed by atoms with Gasteiger partial charge in [0, 0.05) is 29.3 Å². The first-order valence-electron chi connectivity index (χ1n) is 13.3. The van der Waals surface area contributed by atoms with Crippen LogP contribution >= 0.6 is 0 Å². The molecule has 0 radical (unpaired) electrons. The second kappa shape index (κ2) is 10.8. The molecule has 7 nitrogen and oxygen atoms in total. The number of hydrogen-bond acceptors (Lipinski definition) is 6. The zero-order valence-electron chi connectivity index (χ0n) is 21.3. The number of hydrogen-bond donors (Lipinski definition) is 1. The zero-order chi connectivity index (χ0) is 25.9. The molecule has 2 aliphatic carbocycles. The molecule has 1 aromatic carbocycles. The molecule has 1 aromatic heterocycles. The van der Waals surface area contributed by atoms with Gasteiger partial charge in [-0.25, -0.2) is 4.79 Å². The van der Waals surface area contributed by atoms with Crippen molar-refractivity contribution in [1.29, 1.82) is 5.26 Å². The van der Waals surface area contributed by atoms with Gasteiger partial charge in [0.05, 0.1) is 29.9 Å². The fourth-order valence-electron chi connectivity index (χ4n) is 6.79. The monoisotopic (exact) mass is 499 g/mol. The molecule has 7 heteroatoms. The number of nitrogens with zero attached hydrogens (tertiary/aromatic N) is 2. The standard InChI is InChI=1S/C30H33N3O4/c1-3-36-30(35)33-23-11-12-25-21(14-23)15-27-28(18(2)37-29(27)34)26(25)13-10-22-9-8-20(17-32-22)24-7-5-4-6-19(24)16-31/h4-10,13,17-18,21,23,25-28H,3,11-12,14-15H2,1-2H3,(H,33,35)/b13-10+/t18-,21+,23-,25-,26?,27-,28+/m1/s1. The fraction of sp³-hybridized carbons (Fsp3) is 0.467. The van der Waals surface area contributed by atoms with E-state index in [0.717, 1.165) is 42.5 Å². The molecule has 7 atom stereocenters. The zero-order valence-corrected chi connectivity index (χ0v) is 21.3. The number of rotatable bonds is 5. The van der Waals surface area contributed by atoms with Crippen molar-refractivity contribution in [2.45, 2.75) is 51.7 Å². The summed E-state index contributed by atoms with van der Waals surface area (Å²) in [5.74, 6) is 0.929. The van der Waals surface area contributed by atoms with Gasteiger partial charge in [-0.2, -0.15) is 5.26 Å². The Morgan fingerprint density at radius 3 is 2.84 bits per heavy atom. The highest BCUT2D eigenvalue weighted by atomic mass is 16.6. The predicted octanol–water partition coefficient (Wildman–Crippen LogP) is 5.36. The third-order valence-corrected chi connectivity index (χ3v) is 8.38. The van der Waals surface area contributed by atoms with Crippen LogP contribution in [0.2, 0.25) is 0 Å². The molecule has 1 saturated heterocycles. The topological polar surface area (TPSA) is 101 Å². The summed E-state index contributed by atoms with van der Waals surface area (Å²) in [5.41, 5.74) is 3.24. The van der Waals surface area contributed by atoms with Crippen molar-refractivity contribution in [3.05, 3.63) is 59.9 Å². The van der Waals surface area contributed by atoms with Crippen LogP contribution < -0.4 is 5.32 Å². The Hall–Kier alpha value is -3.66. The number of nitriles is 1. The van der Waals surface area contributed by atoms with Crippen molar-refractivity contribution in [2.75, 3.05) is 6.61 Å². The summed E-state index contributed by atoms with van der Waals surface area (Å²) in [4.78, 5) is 29.3. The van der Waals surface area contributed by atoms with E-state index in [1.165, 1.54) is 0 Å². The van der Waals surface area contributed by atoms with Crippen LogP contribution in [-0.4, -0.2) is 35.8 Å². The molecule has 1 unspecified atom stereocenters. The van der Waals surface area contributed by atoms with Crippen molar-refractivity contribution in [3.8, 4) is 17.2 Å². The quantitative estimate of drug-likeness (QED) is 0.556. The lowest BCUT2D eigenvalue weighted by Crippen LogP contribution is -2.48. The molecule has 1 amide bonds. The summed E-state index contributed by atoms with van der Waals surface area (Å²) in [6.45, 7) is 4.16. The van der Waals surface area contributed by atoms with Crippen molar-refractivity contribution in [2.24, 2.45) is 29.6 Å². The van der Waals surface area contributed by atoms with E-state index < -0.39 is 0 Å². The van der Waals surface area contributed by atoms with Gasteiger partial charge in [-0.05, 0) is 75.5 Å². The normalized spacial score (nSPS) is 30.6. The molecule has 5 rings (SSSR count).